The molecule has 1 heterocycles. The summed E-state index contributed by atoms with van der Waals surface area (Å²) in [4.78, 5) is 14.6. The van der Waals surface area contributed by atoms with Crippen molar-refractivity contribution in [1.82, 2.24) is 9.47 Å². The summed E-state index contributed by atoms with van der Waals surface area (Å²) in [6.45, 7) is 9.79. The van der Waals surface area contributed by atoms with Crippen LogP contribution in [0.15, 0.2) is 30.3 Å². The Morgan fingerprint density at radius 1 is 1.14 bits per heavy atom. The van der Waals surface area contributed by atoms with E-state index in [9.17, 15) is 4.79 Å². The minimum Gasteiger partial charge on any atom is -0.340 e. The smallest absolute Gasteiger partial charge is 0.270 e. The lowest BCUT2D eigenvalue weighted by Crippen LogP contribution is -2.30. The third kappa shape index (κ3) is 3.41. The number of aryl methyl sites for hydroxylation is 3. The molecule has 0 fully saturated rings. The van der Waals surface area contributed by atoms with Crippen molar-refractivity contribution in [1.29, 1.82) is 0 Å². The van der Waals surface area contributed by atoms with Gasteiger partial charge >= 0.3 is 0 Å². The minimum atomic E-state index is 0.111. The van der Waals surface area contributed by atoms with Gasteiger partial charge in [-0.2, -0.15) is 0 Å². The molecule has 2 aromatic rings. The fraction of sp³-hybridized carbons (Fsp3) is 0.421. The molecule has 0 N–H and O–H groups in total. The average Bonchev–Trinajstić information content (AvgIpc) is 2.75. The van der Waals surface area contributed by atoms with Crippen LogP contribution in [0.5, 0.6) is 0 Å². The van der Waals surface area contributed by atoms with Crippen LogP contribution in [-0.4, -0.2) is 29.0 Å². The van der Waals surface area contributed by atoms with Crippen LogP contribution in [0.1, 0.15) is 46.2 Å². The number of carbonyl (C=O) groups excluding carboxylic acids is 1. The first-order chi connectivity index (χ1) is 10.4. The Balaban J connectivity index is 2.35. The quantitative estimate of drug-likeness (QED) is 0.820. The van der Waals surface area contributed by atoms with Crippen LogP contribution in [0.4, 0.5) is 0 Å². The molecule has 2 rings (SSSR count). The average molecular weight is 298 g/mol. The maximum absolute atomic E-state index is 12.7. The first-order valence-corrected chi connectivity index (χ1v) is 7.91. The Kier molecular flexibility index (Phi) is 5.07. The summed E-state index contributed by atoms with van der Waals surface area (Å²) in [7, 11) is 1.88. The monoisotopic (exact) mass is 298 g/mol. The predicted octanol–water partition coefficient (Wildman–Crippen LogP) is 3.94. The van der Waals surface area contributed by atoms with Crippen molar-refractivity contribution in [3.8, 4) is 0 Å². The number of amides is 1. The molecule has 0 saturated carbocycles. The van der Waals surface area contributed by atoms with E-state index in [0.29, 0.717) is 0 Å². The fourth-order valence-electron chi connectivity index (χ4n) is 2.83. The molecule has 0 aliphatic carbocycles. The van der Waals surface area contributed by atoms with E-state index in [1.54, 1.807) is 0 Å². The molecule has 0 atom stereocenters. The van der Waals surface area contributed by atoms with Crippen LogP contribution in [0.2, 0.25) is 0 Å². The summed E-state index contributed by atoms with van der Waals surface area (Å²) in [6, 6.07) is 10.6. The van der Waals surface area contributed by atoms with Crippen LogP contribution in [0, 0.1) is 20.8 Å². The van der Waals surface area contributed by atoms with Gasteiger partial charge in [-0.05, 0) is 44.4 Å². The van der Waals surface area contributed by atoms with Gasteiger partial charge in [0.25, 0.3) is 5.91 Å². The maximum atomic E-state index is 12.7. The summed E-state index contributed by atoms with van der Waals surface area (Å²) < 4.78 is 2.13. The summed E-state index contributed by atoms with van der Waals surface area (Å²) in [5.41, 5.74) is 5.47. The zero-order valence-corrected chi connectivity index (χ0v) is 14.3. The Hall–Kier alpha value is -2.03. The fourth-order valence-corrected chi connectivity index (χ4v) is 2.83. The van der Waals surface area contributed by atoms with E-state index in [-0.39, 0.29) is 5.91 Å². The van der Waals surface area contributed by atoms with E-state index in [2.05, 4.69) is 55.7 Å². The number of carbonyl (C=O) groups is 1. The Morgan fingerprint density at radius 2 is 1.77 bits per heavy atom. The first-order valence-electron chi connectivity index (χ1n) is 7.91. The zero-order valence-electron chi connectivity index (χ0n) is 14.3. The van der Waals surface area contributed by atoms with Crippen molar-refractivity contribution >= 4 is 5.91 Å². The second kappa shape index (κ2) is 6.82. The molecule has 0 saturated heterocycles. The van der Waals surface area contributed by atoms with Crippen molar-refractivity contribution < 1.29 is 4.79 Å². The summed E-state index contributed by atoms with van der Waals surface area (Å²) >= 11 is 0. The van der Waals surface area contributed by atoms with Crippen molar-refractivity contribution in [2.24, 2.45) is 0 Å². The third-order valence-corrected chi connectivity index (χ3v) is 4.06. The number of aromatic nitrogens is 1. The minimum absolute atomic E-state index is 0.111. The number of hydrogen-bond acceptors (Lipinski definition) is 1. The number of nitrogens with zero attached hydrogens (tertiary/aromatic N) is 2. The molecule has 1 amide bonds. The van der Waals surface area contributed by atoms with E-state index in [1.165, 1.54) is 11.1 Å². The van der Waals surface area contributed by atoms with E-state index in [0.717, 1.165) is 36.5 Å². The van der Waals surface area contributed by atoms with Gasteiger partial charge in [-0.25, -0.2) is 0 Å². The summed E-state index contributed by atoms with van der Waals surface area (Å²) in [5, 5.41) is 0. The molecule has 22 heavy (non-hydrogen) atoms. The molecular weight excluding hydrogens is 272 g/mol. The molecule has 1 aromatic carbocycles. The van der Waals surface area contributed by atoms with Crippen molar-refractivity contribution in [3.05, 3.63) is 58.4 Å². The van der Waals surface area contributed by atoms with Crippen LogP contribution < -0.4 is 0 Å². The van der Waals surface area contributed by atoms with Gasteiger partial charge in [0.1, 0.15) is 5.69 Å². The maximum Gasteiger partial charge on any atom is 0.270 e. The topological polar surface area (TPSA) is 25.2 Å². The Morgan fingerprint density at radius 3 is 2.36 bits per heavy atom. The molecule has 1 aromatic heterocycles. The highest BCUT2D eigenvalue weighted by molar-refractivity contribution is 5.94. The number of hydrogen-bond donors (Lipinski definition) is 0. The molecule has 3 nitrogen and oxygen atoms in total. The second-order valence-electron chi connectivity index (χ2n) is 6.12. The van der Waals surface area contributed by atoms with E-state index >= 15 is 0 Å². The van der Waals surface area contributed by atoms with Crippen molar-refractivity contribution in [2.45, 2.75) is 40.7 Å². The normalized spacial score (nSPS) is 10.8. The van der Waals surface area contributed by atoms with Gasteiger partial charge < -0.3 is 9.47 Å². The standard InChI is InChI=1S/C19H26N2O/c1-6-11-20(5)19(22)18-15(3)12-16(4)21(18)13-17-9-7-14(2)8-10-17/h7-10,12H,6,11,13H2,1-5H3. The predicted molar refractivity (Wildman–Crippen MR) is 91.4 cm³/mol. The van der Waals surface area contributed by atoms with E-state index in [4.69, 9.17) is 0 Å². The molecular formula is C19H26N2O. The molecule has 0 aliphatic heterocycles. The summed E-state index contributed by atoms with van der Waals surface area (Å²) in [5.74, 6) is 0.111. The SMILES string of the molecule is CCCN(C)C(=O)c1c(C)cc(C)n1Cc1ccc(C)cc1. The van der Waals surface area contributed by atoms with Gasteiger partial charge in [-0.3, -0.25) is 4.79 Å². The largest absolute Gasteiger partial charge is 0.340 e. The lowest BCUT2D eigenvalue weighted by molar-refractivity contribution is 0.0784. The molecule has 118 valence electrons. The zero-order chi connectivity index (χ0) is 16.3. The van der Waals surface area contributed by atoms with Crippen LogP contribution in [0.3, 0.4) is 0 Å². The van der Waals surface area contributed by atoms with Crippen LogP contribution in [0.25, 0.3) is 0 Å². The second-order valence-corrected chi connectivity index (χ2v) is 6.12. The number of benzene rings is 1. The van der Waals surface area contributed by atoms with Crippen molar-refractivity contribution in [3.63, 3.8) is 0 Å². The Bertz CT molecular complexity index is 653. The third-order valence-electron chi connectivity index (χ3n) is 4.06. The van der Waals surface area contributed by atoms with Gasteiger partial charge in [0, 0.05) is 25.8 Å². The molecule has 0 unspecified atom stereocenters. The first kappa shape index (κ1) is 16.3. The summed E-state index contributed by atoms with van der Waals surface area (Å²) in [6.07, 6.45) is 0.971. The lowest BCUT2D eigenvalue weighted by atomic mass is 10.1. The highest BCUT2D eigenvalue weighted by Gasteiger charge is 2.20. The lowest BCUT2D eigenvalue weighted by Gasteiger charge is -2.19. The van der Waals surface area contributed by atoms with Gasteiger partial charge in [0.05, 0.1) is 0 Å². The highest BCUT2D eigenvalue weighted by Crippen LogP contribution is 2.19. The molecule has 3 heteroatoms. The van der Waals surface area contributed by atoms with E-state index < -0.39 is 0 Å². The van der Waals surface area contributed by atoms with E-state index in [1.807, 2.05) is 18.9 Å². The number of rotatable bonds is 5. The van der Waals surface area contributed by atoms with Gasteiger partial charge in [-0.15, -0.1) is 0 Å². The van der Waals surface area contributed by atoms with Crippen molar-refractivity contribution in [2.75, 3.05) is 13.6 Å². The molecule has 0 spiro atoms. The van der Waals surface area contributed by atoms with Gasteiger partial charge in [0.2, 0.25) is 0 Å². The van der Waals surface area contributed by atoms with Gasteiger partial charge in [0.15, 0.2) is 0 Å². The van der Waals surface area contributed by atoms with Crippen LogP contribution in [-0.2, 0) is 6.54 Å². The Labute approximate surface area is 133 Å². The van der Waals surface area contributed by atoms with Gasteiger partial charge in [-0.1, -0.05) is 36.8 Å². The highest BCUT2D eigenvalue weighted by atomic mass is 16.2. The molecule has 0 radical (unpaired) electrons. The molecule has 0 aliphatic rings. The van der Waals surface area contributed by atoms with Crippen LogP contribution >= 0.6 is 0 Å². The molecule has 0 bridgehead atoms.